The van der Waals surface area contributed by atoms with Gasteiger partial charge in [0.25, 0.3) is 9.84 Å². The molecule has 33 heavy (non-hydrogen) atoms. The van der Waals surface area contributed by atoms with Gasteiger partial charge in [0.2, 0.25) is 0 Å². The van der Waals surface area contributed by atoms with Crippen LogP contribution in [0, 0.1) is 13.5 Å². The largest absolute Gasteiger partial charge is 0.333 e. The van der Waals surface area contributed by atoms with E-state index >= 15 is 0 Å². The zero-order valence-electron chi connectivity index (χ0n) is 20.9. The van der Waals surface area contributed by atoms with E-state index in [-0.39, 0.29) is 4.90 Å². The Balaban J connectivity index is 2.28. The minimum atomic E-state index is -3.67. The number of rotatable bonds is 17. The van der Waals surface area contributed by atoms with Crippen molar-refractivity contribution in [2.45, 2.75) is 108 Å². The van der Waals surface area contributed by atoms with Crippen molar-refractivity contribution in [3.63, 3.8) is 0 Å². The van der Waals surface area contributed by atoms with Crippen molar-refractivity contribution < 1.29 is 8.42 Å². The fourth-order valence-corrected chi connectivity index (χ4v) is 5.68. The molecule has 0 fully saturated rings. The van der Waals surface area contributed by atoms with Crippen molar-refractivity contribution in [3.8, 4) is 0 Å². The summed E-state index contributed by atoms with van der Waals surface area (Å²) in [7, 11) is -3.67. The molecule has 1 unspecified atom stereocenters. The summed E-state index contributed by atoms with van der Waals surface area (Å²) in [6.45, 7) is 13.6. The predicted octanol–water partition coefficient (Wildman–Crippen LogP) is 8.77. The number of unbranched alkanes of at least 4 members (excludes halogenated alkanes) is 6. The van der Waals surface area contributed by atoms with E-state index in [2.05, 4.69) is 48.2 Å². The van der Waals surface area contributed by atoms with Crippen molar-refractivity contribution in [1.82, 2.24) is 0 Å². The number of aryl methyl sites for hydroxylation is 1. The lowest BCUT2D eigenvalue weighted by Crippen LogP contribution is -2.34. The van der Waals surface area contributed by atoms with Gasteiger partial charge < -0.3 is 0 Å². The first-order valence-electron chi connectivity index (χ1n) is 12.6. The Hall–Kier alpha value is -2.12. The fraction of sp³-hybridized carbons (Fsp3) is 0.552. The molecule has 1 aromatic carbocycles. The Labute approximate surface area is 203 Å². The summed E-state index contributed by atoms with van der Waals surface area (Å²) in [4.78, 5) is 2.59. The standard InChI is InChI=1S/C29H43NO2S/c1-5-7-8-9-10-11-12-13-14-15-16-17-18-19-20-21-26-29(6-2,30-4)33(31,32)28-24-22-27(3)23-25-28/h7-8,10-11,13-14,22-25H,5-6,9,12,15-21,26H2,1-3H3/b8-7-,11-10-,14-13-. The summed E-state index contributed by atoms with van der Waals surface area (Å²) in [5, 5.41) is 0. The highest BCUT2D eigenvalue weighted by atomic mass is 32.2. The summed E-state index contributed by atoms with van der Waals surface area (Å²) < 4.78 is 26.4. The van der Waals surface area contributed by atoms with E-state index in [1.165, 1.54) is 19.3 Å². The monoisotopic (exact) mass is 469 g/mol. The molecular weight excluding hydrogens is 426 g/mol. The van der Waals surface area contributed by atoms with Crippen LogP contribution in [0.2, 0.25) is 0 Å². The van der Waals surface area contributed by atoms with Gasteiger partial charge in [-0.1, -0.05) is 93.7 Å². The van der Waals surface area contributed by atoms with E-state index in [0.29, 0.717) is 12.8 Å². The van der Waals surface area contributed by atoms with Crippen LogP contribution < -0.4 is 0 Å². The van der Waals surface area contributed by atoms with Gasteiger partial charge in [0, 0.05) is 12.8 Å². The van der Waals surface area contributed by atoms with Gasteiger partial charge in [0.15, 0.2) is 0 Å². The topological polar surface area (TPSA) is 38.5 Å². The third kappa shape index (κ3) is 10.1. The zero-order chi connectivity index (χ0) is 24.4. The van der Waals surface area contributed by atoms with Gasteiger partial charge in [-0.15, -0.1) is 0 Å². The van der Waals surface area contributed by atoms with Crippen LogP contribution in [0.1, 0.15) is 96.5 Å². The molecule has 0 saturated carbocycles. The van der Waals surface area contributed by atoms with Crippen LogP contribution in [-0.2, 0) is 9.84 Å². The Morgan fingerprint density at radius 2 is 1.36 bits per heavy atom. The Morgan fingerprint density at radius 3 is 1.94 bits per heavy atom. The van der Waals surface area contributed by atoms with Gasteiger partial charge in [0.1, 0.15) is 0 Å². The average Bonchev–Trinajstić information content (AvgIpc) is 2.81. The quantitative estimate of drug-likeness (QED) is 0.130. The Morgan fingerprint density at radius 1 is 0.818 bits per heavy atom. The SMILES string of the molecule is [C-]#[N+]C(CC)(CCCCCCCC/C=C\C/C=C\C/C=C\CC)S(=O)(=O)c1ccc(C)cc1. The molecule has 4 heteroatoms. The lowest BCUT2D eigenvalue weighted by molar-refractivity contribution is 0.491. The molecule has 0 saturated heterocycles. The van der Waals surface area contributed by atoms with E-state index in [0.717, 1.165) is 50.5 Å². The number of nitrogens with zero attached hydrogens (tertiary/aromatic N) is 1. The van der Waals surface area contributed by atoms with Crippen LogP contribution in [0.15, 0.2) is 65.6 Å². The summed E-state index contributed by atoms with van der Waals surface area (Å²) in [5.74, 6) is 0. The molecule has 0 radical (unpaired) electrons. The zero-order valence-corrected chi connectivity index (χ0v) is 21.7. The molecule has 182 valence electrons. The Bertz CT molecular complexity index is 889. The average molecular weight is 470 g/mol. The molecule has 0 bridgehead atoms. The Kier molecular flexibility index (Phi) is 14.4. The molecule has 1 aromatic rings. The molecular formula is C29H43NO2S. The molecule has 0 aliphatic rings. The minimum absolute atomic E-state index is 0.267. The molecule has 0 aliphatic heterocycles. The van der Waals surface area contributed by atoms with Crippen LogP contribution in [0.3, 0.4) is 0 Å². The van der Waals surface area contributed by atoms with Gasteiger partial charge in [-0.05, 0) is 57.6 Å². The number of hydrogen-bond donors (Lipinski definition) is 0. The predicted molar refractivity (Wildman–Crippen MR) is 142 cm³/mol. The third-order valence-electron chi connectivity index (χ3n) is 6.06. The first kappa shape index (κ1) is 28.9. The van der Waals surface area contributed by atoms with Crippen molar-refractivity contribution in [1.29, 1.82) is 0 Å². The fourth-order valence-electron chi connectivity index (χ4n) is 3.83. The molecule has 1 atom stereocenters. The van der Waals surface area contributed by atoms with Crippen LogP contribution in [0.5, 0.6) is 0 Å². The molecule has 3 nitrogen and oxygen atoms in total. The van der Waals surface area contributed by atoms with Gasteiger partial charge in [-0.2, -0.15) is 0 Å². The first-order valence-corrected chi connectivity index (χ1v) is 14.1. The summed E-state index contributed by atoms with van der Waals surface area (Å²) in [6.07, 6.45) is 24.7. The molecule has 0 aliphatic carbocycles. The highest BCUT2D eigenvalue weighted by Crippen LogP contribution is 2.35. The first-order chi connectivity index (χ1) is 15.9. The van der Waals surface area contributed by atoms with E-state index in [1.54, 1.807) is 24.3 Å². The summed E-state index contributed by atoms with van der Waals surface area (Å²) in [6, 6.07) is 6.87. The van der Waals surface area contributed by atoms with Crippen molar-refractivity contribution in [2.24, 2.45) is 0 Å². The number of benzene rings is 1. The molecule has 1 rings (SSSR count). The summed E-state index contributed by atoms with van der Waals surface area (Å²) >= 11 is 0. The van der Waals surface area contributed by atoms with E-state index < -0.39 is 14.7 Å². The van der Waals surface area contributed by atoms with Crippen LogP contribution >= 0.6 is 0 Å². The second-order valence-electron chi connectivity index (χ2n) is 8.68. The third-order valence-corrected chi connectivity index (χ3v) is 8.53. The van der Waals surface area contributed by atoms with Crippen LogP contribution in [-0.4, -0.2) is 13.3 Å². The molecule has 0 N–H and O–H groups in total. The molecule has 0 aromatic heterocycles. The van der Waals surface area contributed by atoms with Crippen LogP contribution in [0.25, 0.3) is 4.85 Å². The van der Waals surface area contributed by atoms with Gasteiger partial charge in [-0.25, -0.2) is 15.0 Å². The number of sulfone groups is 1. The maximum absolute atomic E-state index is 13.2. The maximum atomic E-state index is 13.2. The number of hydrogen-bond acceptors (Lipinski definition) is 2. The van der Waals surface area contributed by atoms with Crippen LogP contribution in [0.4, 0.5) is 0 Å². The van der Waals surface area contributed by atoms with Crippen molar-refractivity contribution in [2.75, 3.05) is 0 Å². The van der Waals surface area contributed by atoms with Gasteiger partial charge >= 0.3 is 4.87 Å². The lowest BCUT2D eigenvalue weighted by atomic mass is 10.0. The van der Waals surface area contributed by atoms with Gasteiger partial charge in [-0.3, -0.25) is 4.85 Å². The molecule has 0 heterocycles. The maximum Gasteiger partial charge on any atom is 0.333 e. The second-order valence-corrected chi connectivity index (χ2v) is 10.9. The lowest BCUT2D eigenvalue weighted by Gasteiger charge is -2.21. The summed E-state index contributed by atoms with van der Waals surface area (Å²) in [5.41, 5.74) is 1.02. The smallest absolute Gasteiger partial charge is 0.293 e. The van der Waals surface area contributed by atoms with E-state index in [1.807, 2.05) is 13.8 Å². The van der Waals surface area contributed by atoms with E-state index in [4.69, 9.17) is 6.57 Å². The van der Waals surface area contributed by atoms with Gasteiger partial charge in [0.05, 0.1) is 4.90 Å². The van der Waals surface area contributed by atoms with Crippen molar-refractivity contribution >= 4 is 9.84 Å². The molecule has 0 spiro atoms. The second kappa shape index (κ2) is 16.5. The normalized spacial score (nSPS) is 14.2. The highest BCUT2D eigenvalue weighted by molar-refractivity contribution is 7.93. The van der Waals surface area contributed by atoms with E-state index in [9.17, 15) is 8.42 Å². The molecule has 0 amide bonds. The van der Waals surface area contributed by atoms with Crippen molar-refractivity contribution in [3.05, 3.63) is 77.7 Å². The minimum Gasteiger partial charge on any atom is -0.293 e. The number of allylic oxidation sites excluding steroid dienone is 6. The highest BCUT2D eigenvalue weighted by Gasteiger charge is 2.49.